The second-order valence-corrected chi connectivity index (χ2v) is 9.60. The van der Waals surface area contributed by atoms with Crippen LogP contribution in [0.3, 0.4) is 0 Å². The van der Waals surface area contributed by atoms with Crippen LogP contribution in [-0.4, -0.2) is 0 Å². The standard InChI is InChI=1S/C34H22.C2H6/c1-2-9-22(10-3-1)24-17-19-28-32(21-24)34(31-20-18-23-11-8-14-25(23)33(28)31)29-15-6-4-12-26(29)27-13-5-7-16-30(27)34;1-2/h1-7,9-21H,8H2;1-2H3. The minimum absolute atomic E-state index is 0.284. The minimum Gasteiger partial charge on any atom is -0.0728 e. The first kappa shape index (κ1) is 21.1. The molecule has 0 saturated carbocycles. The summed E-state index contributed by atoms with van der Waals surface area (Å²) in [5.41, 5.74) is 13.4. The number of fused-ring (bicyclic) bond motifs is 12. The Labute approximate surface area is 212 Å². The van der Waals surface area contributed by atoms with Crippen molar-refractivity contribution in [2.45, 2.75) is 25.7 Å². The van der Waals surface area contributed by atoms with Gasteiger partial charge in [0.05, 0.1) is 5.41 Å². The molecule has 1 spiro atoms. The maximum atomic E-state index is 2.47. The number of hydrogen-bond acceptors (Lipinski definition) is 0. The van der Waals surface area contributed by atoms with Gasteiger partial charge in [0, 0.05) is 0 Å². The van der Waals surface area contributed by atoms with Crippen LogP contribution in [0.25, 0.3) is 45.5 Å². The molecule has 0 amide bonds. The zero-order valence-corrected chi connectivity index (χ0v) is 20.8. The Bertz CT molecular complexity index is 1720. The Morgan fingerprint density at radius 2 is 1.17 bits per heavy atom. The monoisotopic (exact) mass is 460 g/mol. The molecule has 3 aliphatic carbocycles. The van der Waals surface area contributed by atoms with E-state index in [1.54, 1.807) is 0 Å². The van der Waals surface area contributed by atoms with Crippen molar-refractivity contribution in [2.24, 2.45) is 0 Å². The SMILES string of the molecule is C1=c2ccc3c(c2=CC1)-c1ccc(-c2ccccc2)cc1C31c2ccccc2-c2ccccc21.CC. The number of benzene rings is 5. The maximum absolute atomic E-state index is 2.47. The van der Waals surface area contributed by atoms with E-state index >= 15 is 0 Å². The van der Waals surface area contributed by atoms with Crippen molar-refractivity contribution in [1.82, 2.24) is 0 Å². The van der Waals surface area contributed by atoms with Crippen LogP contribution >= 0.6 is 0 Å². The molecule has 8 rings (SSSR count). The Morgan fingerprint density at radius 1 is 0.500 bits per heavy atom. The third kappa shape index (κ3) is 2.59. The highest BCUT2D eigenvalue weighted by atomic mass is 14.5. The van der Waals surface area contributed by atoms with Crippen molar-refractivity contribution in [3.8, 4) is 33.4 Å². The second-order valence-electron chi connectivity index (χ2n) is 9.60. The van der Waals surface area contributed by atoms with Crippen molar-refractivity contribution in [2.75, 3.05) is 0 Å². The number of rotatable bonds is 1. The summed E-state index contributed by atoms with van der Waals surface area (Å²) in [7, 11) is 0. The molecule has 0 nitrogen and oxygen atoms in total. The van der Waals surface area contributed by atoms with E-state index in [0.29, 0.717) is 0 Å². The molecule has 5 aromatic carbocycles. The minimum atomic E-state index is -0.284. The zero-order valence-electron chi connectivity index (χ0n) is 20.8. The molecular formula is C36H28. The average molecular weight is 461 g/mol. The van der Waals surface area contributed by atoms with Gasteiger partial charge in [-0.2, -0.15) is 0 Å². The van der Waals surface area contributed by atoms with E-state index in [2.05, 4.69) is 121 Å². The molecule has 0 aromatic heterocycles. The fourth-order valence-electron chi connectivity index (χ4n) is 6.78. The van der Waals surface area contributed by atoms with Crippen molar-refractivity contribution in [1.29, 1.82) is 0 Å². The van der Waals surface area contributed by atoms with E-state index in [1.807, 2.05) is 13.8 Å². The molecule has 0 aliphatic heterocycles. The Hall–Kier alpha value is -4.16. The summed E-state index contributed by atoms with van der Waals surface area (Å²) in [5, 5.41) is 2.78. The summed E-state index contributed by atoms with van der Waals surface area (Å²) in [6.07, 6.45) is 5.79. The van der Waals surface area contributed by atoms with Crippen molar-refractivity contribution in [3.63, 3.8) is 0 Å². The van der Waals surface area contributed by atoms with Gasteiger partial charge >= 0.3 is 0 Å². The van der Waals surface area contributed by atoms with Gasteiger partial charge in [0.25, 0.3) is 0 Å². The first-order chi connectivity index (χ1) is 17.9. The molecular weight excluding hydrogens is 432 g/mol. The van der Waals surface area contributed by atoms with Gasteiger partial charge in [-0.15, -0.1) is 0 Å². The van der Waals surface area contributed by atoms with E-state index in [0.717, 1.165) is 6.42 Å². The van der Waals surface area contributed by atoms with Gasteiger partial charge in [-0.25, -0.2) is 0 Å². The zero-order chi connectivity index (χ0) is 24.3. The second kappa shape index (κ2) is 7.93. The van der Waals surface area contributed by atoms with Gasteiger partial charge in [0.1, 0.15) is 0 Å². The molecule has 0 saturated heterocycles. The van der Waals surface area contributed by atoms with Crippen LogP contribution in [-0.2, 0) is 5.41 Å². The van der Waals surface area contributed by atoms with E-state index in [9.17, 15) is 0 Å². The molecule has 0 bridgehead atoms. The van der Waals surface area contributed by atoms with E-state index in [1.165, 1.54) is 66.1 Å². The molecule has 0 N–H and O–H groups in total. The Kier molecular flexibility index (Phi) is 4.66. The van der Waals surface area contributed by atoms with Crippen LogP contribution in [0, 0.1) is 0 Å². The third-order valence-corrected chi connectivity index (χ3v) is 8.10. The van der Waals surface area contributed by atoms with Gasteiger partial charge in [0.15, 0.2) is 0 Å². The van der Waals surface area contributed by atoms with Crippen LogP contribution in [0.1, 0.15) is 42.5 Å². The fraction of sp³-hybridized carbons (Fsp3) is 0.111. The lowest BCUT2D eigenvalue weighted by Crippen LogP contribution is -2.29. The summed E-state index contributed by atoms with van der Waals surface area (Å²) in [6, 6.07) is 40.8. The molecule has 172 valence electrons. The molecule has 0 heterocycles. The van der Waals surface area contributed by atoms with Crippen LogP contribution in [0.2, 0.25) is 0 Å². The number of hydrogen-bond donors (Lipinski definition) is 0. The van der Waals surface area contributed by atoms with E-state index in [-0.39, 0.29) is 5.41 Å². The normalized spacial score (nSPS) is 14.4. The smallest absolute Gasteiger partial charge is 0.0725 e. The molecule has 0 heteroatoms. The highest BCUT2D eigenvalue weighted by molar-refractivity contribution is 5.96. The largest absolute Gasteiger partial charge is 0.0728 e. The lowest BCUT2D eigenvalue weighted by molar-refractivity contribution is 0.793. The van der Waals surface area contributed by atoms with Crippen LogP contribution in [0.5, 0.6) is 0 Å². The Balaban J connectivity index is 0.00000108. The van der Waals surface area contributed by atoms with Crippen molar-refractivity contribution in [3.05, 3.63) is 142 Å². The van der Waals surface area contributed by atoms with Gasteiger partial charge in [-0.05, 0) is 78.6 Å². The third-order valence-electron chi connectivity index (χ3n) is 8.10. The molecule has 36 heavy (non-hydrogen) atoms. The van der Waals surface area contributed by atoms with E-state index < -0.39 is 0 Å². The average Bonchev–Trinajstić information content (AvgIpc) is 3.63. The predicted octanol–water partition coefficient (Wildman–Crippen LogP) is 7.69. The molecule has 0 radical (unpaired) electrons. The summed E-state index contributed by atoms with van der Waals surface area (Å²) in [5.74, 6) is 0. The molecule has 5 aromatic rings. The quantitative estimate of drug-likeness (QED) is 0.236. The molecule has 0 fully saturated rings. The lowest BCUT2D eigenvalue weighted by atomic mass is 9.70. The Morgan fingerprint density at radius 3 is 1.89 bits per heavy atom. The van der Waals surface area contributed by atoms with Gasteiger partial charge in [-0.3, -0.25) is 0 Å². The van der Waals surface area contributed by atoms with Crippen LogP contribution in [0.4, 0.5) is 0 Å². The first-order valence-corrected chi connectivity index (χ1v) is 13.1. The maximum Gasteiger partial charge on any atom is 0.0725 e. The highest BCUT2D eigenvalue weighted by Gasteiger charge is 2.51. The predicted molar refractivity (Wildman–Crippen MR) is 152 cm³/mol. The summed E-state index contributed by atoms with van der Waals surface area (Å²) in [4.78, 5) is 0. The van der Waals surface area contributed by atoms with Gasteiger partial charge < -0.3 is 0 Å². The molecule has 3 aliphatic rings. The van der Waals surface area contributed by atoms with Crippen LogP contribution < -0.4 is 10.4 Å². The highest BCUT2D eigenvalue weighted by Crippen LogP contribution is 2.62. The topological polar surface area (TPSA) is 0 Å². The van der Waals surface area contributed by atoms with Crippen molar-refractivity contribution < 1.29 is 0 Å². The first-order valence-electron chi connectivity index (χ1n) is 13.1. The molecule has 0 atom stereocenters. The summed E-state index contributed by atoms with van der Waals surface area (Å²) in [6.45, 7) is 4.00. The van der Waals surface area contributed by atoms with Crippen molar-refractivity contribution >= 4 is 12.2 Å². The van der Waals surface area contributed by atoms with E-state index in [4.69, 9.17) is 0 Å². The van der Waals surface area contributed by atoms with Crippen LogP contribution in [0.15, 0.2) is 109 Å². The van der Waals surface area contributed by atoms with Gasteiger partial charge in [0.2, 0.25) is 0 Å². The van der Waals surface area contributed by atoms with Gasteiger partial charge in [-0.1, -0.05) is 129 Å². The molecule has 0 unspecified atom stereocenters. The fourth-order valence-corrected chi connectivity index (χ4v) is 6.78. The summed E-state index contributed by atoms with van der Waals surface area (Å²) >= 11 is 0. The summed E-state index contributed by atoms with van der Waals surface area (Å²) < 4.78 is 0. The lowest BCUT2D eigenvalue weighted by Gasteiger charge is -2.30.